The summed E-state index contributed by atoms with van der Waals surface area (Å²) < 4.78 is 5.68. The number of nitrogens with zero attached hydrogens (tertiary/aromatic N) is 1. The van der Waals surface area contributed by atoms with E-state index in [-0.39, 0.29) is 0 Å². The summed E-state index contributed by atoms with van der Waals surface area (Å²) >= 11 is 1.51. The SMILES string of the molecule is Cc1ccc(OCCSC(N)=Nc2c(C)cccc2C)cc1. The molecular formula is C18H22N2OS. The maximum atomic E-state index is 6.00. The van der Waals surface area contributed by atoms with Gasteiger partial charge in [-0.15, -0.1) is 0 Å². The zero-order chi connectivity index (χ0) is 15.9. The van der Waals surface area contributed by atoms with Crippen LogP contribution in [-0.2, 0) is 0 Å². The fourth-order valence-corrected chi connectivity index (χ4v) is 2.60. The number of benzene rings is 2. The minimum atomic E-state index is 0.574. The molecule has 2 aromatic rings. The molecule has 0 aliphatic rings. The minimum absolute atomic E-state index is 0.574. The number of aryl methyl sites for hydroxylation is 3. The fraction of sp³-hybridized carbons (Fsp3) is 0.278. The third-order valence-corrected chi connectivity index (χ3v) is 4.04. The highest BCUT2D eigenvalue weighted by atomic mass is 32.2. The molecule has 4 heteroatoms. The molecule has 22 heavy (non-hydrogen) atoms. The van der Waals surface area contributed by atoms with Crippen LogP contribution in [0.1, 0.15) is 16.7 Å². The molecule has 0 aliphatic heterocycles. The average Bonchev–Trinajstić information content (AvgIpc) is 2.49. The minimum Gasteiger partial charge on any atom is -0.493 e. The Balaban J connectivity index is 1.83. The average molecular weight is 314 g/mol. The first-order valence-corrected chi connectivity index (χ1v) is 8.27. The Bertz CT molecular complexity index is 630. The summed E-state index contributed by atoms with van der Waals surface area (Å²) in [6.45, 7) is 6.76. The van der Waals surface area contributed by atoms with Gasteiger partial charge in [0.1, 0.15) is 5.75 Å². The van der Waals surface area contributed by atoms with Crippen LogP contribution in [0.5, 0.6) is 5.75 Å². The maximum Gasteiger partial charge on any atom is 0.159 e. The van der Waals surface area contributed by atoms with Crippen molar-refractivity contribution in [2.24, 2.45) is 10.7 Å². The third kappa shape index (κ3) is 4.81. The molecule has 0 saturated heterocycles. The molecule has 116 valence electrons. The Hall–Kier alpha value is -1.94. The lowest BCUT2D eigenvalue weighted by molar-refractivity contribution is 0.344. The van der Waals surface area contributed by atoms with Gasteiger partial charge in [0.05, 0.1) is 12.3 Å². The van der Waals surface area contributed by atoms with Gasteiger partial charge in [0.15, 0.2) is 5.17 Å². The molecule has 0 aliphatic carbocycles. The van der Waals surface area contributed by atoms with Crippen LogP contribution in [0.15, 0.2) is 47.5 Å². The first-order chi connectivity index (χ1) is 10.6. The van der Waals surface area contributed by atoms with Crippen LogP contribution in [0.3, 0.4) is 0 Å². The van der Waals surface area contributed by atoms with Crippen molar-refractivity contribution in [1.29, 1.82) is 0 Å². The van der Waals surface area contributed by atoms with Crippen molar-refractivity contribution in [2.75, 3.05) is 12.4 Å². The number of hydrogen-bond donors (Lipinski definition) is 1. The number of rotatable bonds is 5. The Labute approximate surface area is 136 Å². The Morgan fingerprint density at radius 2 is 1.68 bits per heavy atom. The molecule has 2 N–H and O–H groups in total. The van der Waals surface area contributed by atoms with Gasteiger partial charge in [-0.3, -0.25) is 0 Å². The molecule has 0 radical (unpaired) electrons. The maximum absolute atomic E-state index is 6.00. The Kier molecular flexibility index (Phi) is 5.90. The Morgan fingerprint density at radius 1 is 1.05 bits per heavy atom. The molecule has 0 saturated carbocycles. The van der Waals surface area contributed by atoms with E-state index < -0.39 is 0 Å². The van der Waals surface area contributed by atoms with E-state index in [9.17, 15) is 0 Å². The Morgan fingerprint density at radius 3 is 2.32 bits per heavy atom. The number of hydrogen-bond acceptors (Lipinski definition) is 3. The van der Waals surface area contributed by atoms with Crippen molar-refractivity contribution in [1.82, 2.24) is 0 Å². The first-order valence-electron chi connectivity index (χ1n) is 7.29. The topological polar surface area (TPSA) is 47.6 Å². The molecule has 0 aromatic heterocycles. The summed E-state index contributed by atoms with van der Waals surface area (Å²) in [5, 5.41) is 0.574. The lowest BCUT2D eigenvalue weighted by Gasteiger charge is -2.07. The van der Waals surface area contributed by atoms with Crippen LogP contribution < -0.4 is 10.5 Å². The van der Waals surface area contributed by atoms with Crippen molar-refractivity contribution in [3.05, 3.63) is 59.2 Å². The predicted molar refractivity (Wildman–Crippen MR) is 96.3 cm³/mol. The highest BCUT2D eigenvalue weighted by Crippen LogP contribution is 2.24. The fourth-order valence-electron chi connectivity index (χ4n) is 2.06. The van der Waals surface area contributed by atoms with Gasteiger partial charge in [-0.2, -0.15) is 0 Å². The first kappa shape index (κ1) is 16.4. The number of ether oxygens (including phenoxy) is 1. The van der Waals surface area contributed by atoms with Crippen molar-refractivity contribution < 1.29 is 4.74 Å². The molecule has 2 aromatic carbocycles. The summed E-state index contributed by atoms with van der Waals surface area (Å²) in [5.41, 5.74) is 10.5. The zero-order valence-corrected chi connectivity index (χ0v) is 14.1. The second-order valence-corrected chi connectivity index (χ2v) is 6.32. The van der Waals surface area contributed by atoms with Gasteiger partial charge in [0, 0.05) is 5.75 Å². The van der Waals surface area contributed by atoms with Crippen LogP contribution in [0.4, 0.5) is 5.69 Å². The summed E-state index contributed by atoms with van der Waals surface area (Å²) in [5.74, 6) is 1.66. The van der Waals surface area contributed by atoms with E-state index in [4.69, 9.17) is 10.5 Å². The van der Waals surface area contributed by atoms with E-state index in [1.54, 1.807) is 0 Å². The summed E-state index contributed by atoms with van der Waals surface area (Å²) in [7, 11) is 0. The van der Waals surface area contributed by atoms with Crippen molar-refractivity contribution in [3.8, 4) is 5.75 Å². The highest BCUT2D eigenvalue weighted by molar-refractivity contribution is 8.13. The smallest absolute Gasteiger partial charge is 0.159 e. The number of nitrogens with two attached hydrogens (primary N) is 1. The van der Waals surface area contributed by atoms with Gasteiger partial charge >= 0.3 is 0 Å². The molecule has 0 heterocycles. The quantitative estimate of drug-likeness (QED) is 0.506. The van der Waals surface area contributed by atoms with Crippen LogP contribution >= 0.6 is 11.8 Å². The molecule has 3 nitrogen and oxygen atoms in total. The zero-order valence-electron chi connectivity index (χ0n) is 13.3. The standard InChI is InChI=1S/C18H22N2OS/c1-13-7-9-16(10-8-13)21-11-12-22-18(19)20-17-14(2)5-4-6-15(17)3/h4-10H,11-12H2,1-3H3,(H2,19,20). The normalized spacial score (nSPS) is 11.5. The second kappa shape index (κ2) is 7.90. The number of aliphatic imine (C=N–C) groups is 1. The monoisotopic (exact) mass is 314 g/mol. The molecule has 0 atom stereocenters. The molecule has 0 unspecified atom stereocenters. The largest absolute Gasteiger partial charge is 0.493 e. The highest BCUT2D eigenvalue weighted by Gasteiger charge is 2.02. The summed E-state index contributed by atoms with van der Waals surface area (Å²) in [6, 6.07) is 14.2. The molecular weight excluding hydrogens is 292 g/mol. The van der Waals surface area contributed by atoms with Gasteiger partial charge in [0.2, 0.25) is 0 Å². The van der Waals surface area contributed by atoms with Gasteiger partial charge in [-0.25, -0.2) is 4.99 Å². The van der Waals surface area contributed by atoms with E-state index in [1.165, 1.54) is 17.3 Å². The number of amidine groups is 1. The third-order valence-electron chi connectivity index (χ3n) is 3.28. The van der Waals surface area contributed by atoms with Crippen LogP contribution in [0.25, 0.3) is 0 Å². The number of para-hydroxylation sites is 1. The van der Waals surface area contributed by atoms with Gasteiger partial charge in [-0.05, 0) is 44.0 Å². The second-order valence-electron chi connectivity index (χ2n) is 5.20. The molecule has 0 amide bonds. The molecule has 0 fully saturated rings. The molecule has 0 spiro atoms. The van der Waals surface area contributed by atoms with Gasteiger partial charge in [-0.1, -0.05) is 47.7 Å². The van der Waals surface area contributed by atoms with E-state index in [1.807, 2.05) is 56.3 Å². The lowest BCUT2D eigenvalue weighted by atomic mass is 10.1. The predicted octanol–water partition coefficient (Wildman–Crippen LogP) is 4.37. The van der Waals surface area contributed by atoms with Gasteiger partial charge in [0.25, 0.3) is 0 Å². The summed E-state index contributed by atoms with van der Waals surface area (Å²) in [4.78, 5) is 4.52. The van der Waals surface area contributed by atoms with Gasteiger partial charge < -0.3 is 10.5 Å². The van der Waals surface area contributed by atoms with Crippen molar-refractivity contribution in [2.45, 2.75) is 20.8 Å². The lowest BCUT2D eigenvalue weighted by Crippen LogP contribution is -2.10. The van der Waals surface area contributed by atoms with Crippen molar-refractivity contribution >= 4 is 22.6 Å². The van der Waals surface area contributed by atoms with E-state index in [0.717, 1.165) is 28.3 Å². The molecule has 2 rings (SSSR count). The van der Waals surface area contributed by atoms with Crippen LogP contribution in [0, 0.1) is 20.8 Å². The van der Waals surface area contributed by atoms with Crippen LogP contribution in [0.2, 0.25) is 0 Å². The van der Waals surface area contributed by atoms with Crippen LogP contribution in [-0.4, -0.2) is 17.5 Å². The van der Waals surface area contributed by atoms with E-state index in [0.29, 0.717) is 11.8 Å². The molecule has 0 bridgehead atoms. The van der Waals surface area contributed by atoms with E-state index in [2.05, 4.69) is 11.9 Å². The summed E-state index contributed by atoms with van der Waals surface area (Å²) in [6.07, 6.45) is 0. The van der Waals surface area contributed by atoms with Crippen molar-refractivity contribution in [3.63, 3.8) is 0 Å². The number of thioether (sulfide) groups is 1. The van der Waals surface area contributed by atoms with E-state index >= 15 is 0 Å².